The molecule has 2 heterocycles. The molecule has 2 fully saturated rings. The standard InChI is InChI=1S/C14H26N2O2.ClH/c1-13(2,3)11-18-12(17)16-8-6-14(10-16)5-4-7-15-9-14;/h15H,4-11H2,1-3H3;1H. The lowest BCUT2D eigenvalue weighted by Crippen LogP contribution is -2.43. The maximum absolute atomic E-state index is 12.0. The maximum Gasteiger partial charge on any atom is 0.409 e. The number of nitrogens with one attached hydrogen (secondary N) is 1. The van der Waals surface area contributed by atoms with Crippen LogP contribution in [0.15, 0.2) is 0 Å². The third-order valence-corrected chi connectivity index (χ3v) is 3.89. The molecule has 0 saturated carbocycles. The van der Waals surface area contributed by atoms with E-state index in [1.54, 1.807) is 0 Å². The van der Waals surface area contributed by atoms with Crippen molar-refractivity contribution >= 4 is 18.5 Å². The Bertz CT molecular complexity index is 309. The predicted octanol–water partition coefficient (Wildman–Crippen LogP) is 2.67. The molecule has 19 heavy (non-hydrogen) atoms. The van der Waals surface area contributed by atoms with Crippen LogP contribution in [0.5, 0.6) is 0 Å². The van der Waals surface area contributed by atoms with Gasteiger partial charge in [0.2, 0.25) is 0 Å². The topological polar surface area (TPSA) is 41.6 Å². The Labute approximate surface area is 122 Å². The molecule has 112 valence electrons. The third-order valence-electron chi connectivity index (χ3n) is 3.89. The summed E-state index contributed by atoms with van der Waals surface area (Å²) in [6, 6.07) is 0. The van der Waals surface area contributed by atoms with Crippen LogP contribution in [0, 0.1) is 10.8 Å². The highest BCUT2D eigenvalue weighted by Crippen LogP contribution is 2.36. The molecule has 1 atom stereocenters. The minimum Gasteiger partial charge on any atom is -0.449 e. The van der Waals surface area contributed by atoms with Gasteiger partial charge in [-0.15, -0.1) is 12.4 Å². The number of amides is 1. The molecule has 1 N–H and O–H groups in total. The fraction of sp³-hybridized carbons (Fsp3) is 0.929. The molecule has 0 aromatic heterocycles. The van der Waals surface area contributed by atoms with E-state index in [9.17, 15) is 4.79 Å². The molecule has 1 spiro atoms. The monoisotopic (exact) mass is 290 g/mol. The smallest absolute Gasteiger partial charge is 0.409 e. The zero-order valence-corrected chi connectivity index (χ0v) is 13.1. The average molecular weight is 291 g/mol. The van der Waals surface area contributed by atoms with Crippen molar-refractivity contribution in [1.82, 2.24) is 10.2 Å². The number of carbonyl (C=O) groups excluding carboxylic acids is 1. The molecular weight excluding hydrogens is 264 g/mol. The number of ether oxygens (including phenoxy) is 1. The molecular formula is C14H27ClN2O2. The van der Waals surface area contributed by atoms with Crippen molar-refractivity contribution in [3.63, 3.8) is 0 Å². The van der Waals surface area contributed by atoms with Gasteiger partial charge in [-0.1, -0.05) is 20.8 Å². The molecule has 2 aliphatic rings. The van der Waals surface area contributed by atoms with E-state index < -0.39 is 0 Å². The summed E-state index contributed by atoms with van der Waals surface area (Å²) in [6.45, 7) is 10.6. The van der Waals surface area contributed by atoms with Crippen LogP contribution in [0.3, 0.4) is 0 Å². The number of carbonyl (C=O) groups is 1. The van der Waals surface area contributed by atoms with E-state index in [1.807, 2.05) is 4.90 Å². The van der Waals surface area contributed by atoms with Gasteiger partial charge in [-0.3, -0.25) is 0 Å². The Kier molecular flexibility index (Phi) is 5.51. The van der Waals surface area contributed by atoms with Gasteiger partial charge in [0.1, 0.15) is 0 Å². The molecule has 0 aliphatic carbocycles. The van der Waals surface area contributed by atoms with Gasteiger partial charge in [0.05, 0.1) is 6.61 Å². The van der Waals surface area contributed by atoms with Crippen LogP contribution in [-0.4, -0.2) is 43.8 Å². The summed E-state index contributed by atoms with van der Waals surface area (Å²) >= 11 is 0. The highest BCUT2D eigenvalue weighted by Gasteiger charge is 2.41. The first-order valence-corrected chi connectivity index (χ1v) is 7.03. The molecule has 2 saturated heterocycles. The van der Waals surface area contributed by atoms with E-state index in [-0.39, 0.29) is 23.9 Å². The number of halogens is 1. The van der Waals surface area contributed by atoms with Crippen LogP contribution >= 0.6 is 12.4 Å². The molecule has 1 amide bonds. The Morgan fingerprint density at radius 1 is 1.37 bits per heavy atom. The minimum atomic E-state index is -0.132. The van der Waals surface area contributed by atoms with Crippen molar-refractivity contribution in [3.05, 3.63) is 0 Å². The van der Waals surface area contributed by atoms with Crippen molar-refractivity contribution < 1.29 is 9.53 Å². The van der Waals surface area contributed by atoms with Crippen LogP contribution in [0.2, 0.25) is 0 Å². The van der Waals surface area contributed by atoms with Gasteiger partial charge in [-0.25, -0.2) is 4.79 Å². The van der Waals surface area contributed by atoms with E-state index in [0.29, 0.717) is 12.0 Å². The largest absolute Gasteiger partial charge is 0.449 e. The normalized spacial score (nSPS) is 27.2. The SMILES string of the molecule is CC(C)(C)COC(=O)N1CCC2(CCCNC2)C1.Cl. The number of likely N-dealkylation sites (tertiary alicyclic amines) is 1. The van der Waals surface area contributed by atoms with E-state index in [4.69, 9.17) is 4.74 Å². The fourth-order valence-corrected chi connectivity index (χ4v) is 2.84. The molecule has 0 aromatic rings. The molecule has 2 rings (SSSR count). The lowest BCUT2D eigenvalue weighted by atomic mass is 9.80. The second-order valence-electron chi connectivity index (χ2n) is 7.07. The van der Waals surface area contributed by atoms with E-state index in [2.05, 4.69) is 26.1 Å². The highest BCUT2D eigenvalue weighted by atomic mass is 35.5. The van der Waals surface area contributed by atoms with Gasteiger partial charge >= 0.3 is 6.09 Å². The van der Waals surface area contributed by atoms with Crippen LogP contribution in [0.4, 0.5) is 4.79 Å². The van der Waals surface area contributed by atoms with E-state index in [0.717, 1.165) is 32.6 Å². The number of nitrogens with zero attached hydrogens (tertiary/aromatic N) is 1. The van der Waals surface area contributed by atoms with Crippen molar-refractivity contribution in [2.45, 2.75) is 40.0 Å². The lowest BCUT2D eigenvalue weighted by Gasteiger charge is -2.33. The summed E-state index contributed by atoms with van der Waals surface area (Å²) in [7, 11) is 0. The summed E-state index contributed by atoms with van der Waals surface area (Å²) in [6.07, 6.45) is 3.45. The summed E-state index contributed by atoms with van der Waals surface area (Å²) in [5, 5.41) is 3.45. The predicted molar refractivity (Wildman–Crippen MR) is 78.8 cm³/mol. The van der Waals surface area contributed by atoms with Crippen molar-refractivity contribution in [2.75, 3.05) is 32.8 Å². The first-order valence-electron chi connectivity index (χ1n) is 7.03. The molecule has 0 bridgehead atoms. The summed E-state index contributed by atoms with van der Waals surface area (Å²) in [5.74, 6) is 0. The van der Waals surface area contributed by atoms with Gasteiger partial charge < -0.3 is 15.0 Å². The molecule has 0 radical (unpaired) electrons. The van der Waals surface area contributed by atoms with Gasteiger partial charge in [0.15, 0.2) is 0 Å². The number of rotatable bonds is 1. The Balaban J connectivity index is 0.00000180. The number of hydrogen-bond donors (Lipinski definition) is 1. The first-order chi connectivity index (χ1) is 8.40. The zero-order chi connectivity index (χ0) is 13.2. The second-order valence-corrected chi connectivity index (χ2v) is 7.07. The maximum atomic E-state index is 12.0. The molecule has 5 heteroatoms. The van der Waals surface area contributed by atoms with E-state index in [1.165, 1.54) is 12.8 Å². The quantitative estimate of drug-likeness (QED) is 0.807. The molecule has 0 aromatic carbocycles. The van der Waals surface area contributed by atoms with Crippen molar-refractivity contribution in [1.29, 1.82) is 0 Å². The average Bonchev–Trinajstić information content (AvgIpc) is 2.70. The summed E-state index contributed by atoms with van der Waals surface area (Å²) < 4.78 is 5.39. The summed E-state index contributed by atoms with van der Waals surface area (Å²) in [5.41, 5.74) is 0.360. The van der Waals surface area contributed by atoms with E-state index >= 15 is 0 Å². The molecule has 4 nitrogen and oxygen atoms in total. The van der Waals surface area contributed by atoms with Crippen LogP contribution < -0.4 is 5.32 Å². The van der Waals surface area contributed by atoms with Gasteiger partial charge in [-0.2, -0.15) is 0 Å². The highest BCUT2D eigenvalue weighted by molar-refractivity contribution is 5.85. The van der Waals surface area contributed by atoms with Crippen molar-refractivity contribution in [3.8, 4) is 0 Å². The minimum absolute atomic E-state index is 0. The Morgan fingerprint density at radius 2 is 2.11 bits per heavy atom. The second kappa shape index (κ2) is 6.31. The number of hydrogen-bond acceptors (Lipinski definition) is 3. The number of piperidine rings is 1. The fourth-order valence-electron chi connectivity index (χ4n) is 2.84. The summed E-state index contributed by atoms with van der Waals surface area (Å²) in [4.78, 5) is 13.9. The van der Waals surface area contributed by atoms with Gasteiger partial charge in [0, 0.05) is 25.0 Å². The van der Waals surface area contributed by atoms with Crippen molar-refractivity contribution in [2.24, 2.45) is 10.8 Å². The molecule has 1 unspecified atom stereocenters. The van der Waals surface area contributed by atoms with Gasteiger partial charge in [-0.05, 0) is 31.2 Å². The Hall–Kier alpha value is -0.480. The van der Waals surface area contributed by atoms with Crippen LogP contribution in [0.25, 0.3) is 0 Å². The lowest BCUT2D eigenvalue weighted by molar-refractivity contribution is 0.0737. The van der Waals surface area contributed by atoms with Gasteiger partial charge in [0.25, 0.3) is 0 Å². The Morgan fingerprint density at radius 3 is 2.68 bits per heavy atom. The zero-order valence-electron chi connectivity index (χ0n) is 12.3. The molecule has 2 aliphatic heterocycles. The van der Waals surface area contributed by atoms with Crippen LogP contribution in [0.1, 0.15) is 40.0 Å². The third kappa shape index (κ3) is 4.53. The first kappa shape index (κ1) is 16.6. The van der Waals surface area contributed by atoms with Crippen LogP contribution in [-0.2, 0) is 4.74 Å².